The number of benzene rings is 1. The Labute approximate surface area is 134 Å². The fourth-order valence-corrected chi connectivity index (χ4v) is 3.36. The topological polar surface area (TPSA) is 67.4 Å². The largest absolute Gasteiger partial charge is 0.367 e. The van der Waals surface area contributed by atoms with Crippen molar-refractivity contribution in [1.82, 2.24) is 5.32 Å². The van der Waals surface area contributed by atoms with Crippen molar-refractivity contribution >= 4 is 22.5 Å². The summed E-state index contributed by atoms with van der Waals surface area (Å²) in [5.74, 6) is 0. The molecule has 0 spiro atoms. The van der Waals surface area contributed by atoms with Gasteiger partial charge in [0.1, 0.15) is 0 Å². The maximum Gasteiger partial charge on any atom is 0.319 e. The maximum atomic E-state index is 12.1. The molecule has 1 aromatic carbocycles. The number of amides is 2. The van der Waals surface area contributed by atoms with Crippen molar-refractivity contribution in [2.24, 2.45) is 0 Å². The molecule has 6 heteroatoms. The average Bonchev–Trinajstić information content (AvgIpc) is 2.57. The summed E-state index contributed by atoms with van der Waals surface area (Å²) in [7, 11) is -1.02. The van der Waals surface area contributed by atoms with Crippen LogP contribution in [0.4, 0.5) is 10.5 Å². The Morgan fingerprint density at radius 1 is 1.23 bits per heavy atom. The summed E-state index contributed by atoms with van der Waals surface area (Å²) in [6, 6.07) is 6.68. The second kappa shape index (κ2) is 6.01. The number of carbonyl (C=O) groups is 1. The minimum atomic E-state index is -1.02. The molecular weight excluding hydrogens is 300 g/mol. The van der Waals surface area contributed by atoms with Gasteiger partial charge in [-0.3, -0.25) is 4.21 Å². The van der Waals surface area contributed by atoms with Gasteiger partial charge in [-0.25, -0.2) is 4.79 Å². The SMILES string of the molecule is C[S@](=O)c1ccc(NC(=O)N[C@@H]2CC(C)(C)OC2(C)C)cc1. The smallest absolute Gasteiger partial charge is 0.319 e. The van der Waals surface area contributed by atoms with E-state index in [1.54, 1.807) is 30.5 Å². The van der Waals surface area contributed by atoms with Crippen molar-refractivity contribution < 1.29 is 13.7 Å². The lowest BCUT2D eigenvalue weighted by molar-refractivity contribution is -0.0689. The highest BCUT2D eigenvalue weighted by atomic mass is 32.2. The molecule has 0 aromatic heterocycles. The molecule has 2 rings (SSSR count). The Morgan fingerprint density at radius 2 is 1.82 bits per heavy atom. The normalized spacial score (nSPS) is 23.8. The zero-order valence-corrected chi connectivity index (χ0v) is 14.5. The van der Waals surface area contributed by atoms with Crippen LogP contribution in [0.25, 0.3) is 0 Å². The fourth-order valence-electron chi connectivity index (χ4n) is 2.84. The average molecular weight is 324 g/mol. The van der Waals surface area contributed by atoms with E-state index >= 15 is 0 Å². The van der Waals surface area contributed by atoms with E-state index in [4.69, 9.17) is 4.74 Å². The Kier molecular flexibility index (Phi) is 4.63. The molecular formula is C16H24N2O3S. The van der Waals surface area contributed by atoms with Crippen LogP contribution >= 0.6 is 0 Å². The predicted molar refractivity (Wildman–Crippen MR) is 88.6 cm³/mol. The zero-order valence-electron chi connectivity index (χ0n) is 13.7. The molecule has 0 aliphatic carbocycles. The summed E-state index contributed by atoms with van der Waals surface area (Å²) in [6.07, 6.45) is 2.39. The van der Waals surface area contributed by atoms with Crippen molar-refractivity contribution in [3.63, 3.8) is 0 Å². The molecule has 5 nitrogen and oxygen atoms in total. The summed E-state index contributed by atoms with van der Waals surface area (Å²) in [4.78, 5) is 12.9. The van der Waals surface area contributed by atoms with Gasteiger partial charge in [-0.05, 0) is 58.4 Å². The number of hydrogen-bond acceptors (Lipinski definition) is 3. The van der Waals surface area contributed by atoms with Gasteiger partial charge in [-0.15, -0.1) is 0 Å². The second-order valence-electron chi connectivity index (χ2n) is 6.80. The molecule has 0 saturated carbocycles. The van der Waals surface area contributed by atoms with Crippen LogP contribution in [0.15, 0.2) is 29.2 Å². The third-order valence-electron chi connectivity index (χ3n) is 3.82. The molecule has 22 heavy (non-hydrogen) atoms. The second-order valence-corrected chi connectivity index (χ2v) is 8.18. The van der Waals surface area contributed by atoms with Crippen LogP contribution in [0.1, 0.15) is 34.1 Å². The first-order chi connectivity index (χ1) is 10.1. The minimum absolute atomic E-state index is 0.0510. The first-order valence-corrected chi connectivity index (χ1v) is 8.86. The lowest BCUT2D eigenvalue weighted by atomic mass is 9.95. The predicted octanol–water partition coefficient (Wildman–Crippen LogP) is 2.89. The van der Waals surface area contributed by atoms with Crippen molar-refractivity contribution in [2.75, 3.05) is 11.6 Å². The molecule has 122 valence electrons. The van der Waals surface area contributed by atoms with Crippen LogP contribution in [-0.2, 0) is 15.5 Å². The van der Waals surface area contributed by atoms with Crippen LogP contribution in [0, 0.1) is 0 Å². The highest BCUT2D eigenvalue weighted by molar-refractivity contribution is 7.84. The van der Waals surface area contributed by atoms with Crippen LogP contribution in [0.2, 0.25) is 0 Å². The summed E-state index contributed by atoms with van der Waals surface area (Å²) in [6.45, 7) is 8.02. The number of anilines is 1. The van der Waals surface area contributed by atoms with E-state index in [2.05, 4.69) is 10.6 Å². The molecule has 2 N–H and O–H groups in total. The molecule has 1 saturated heterocycles. The van der Waals surface area contributed by atoms with Gasteiger partial charge < -0.3 is 15.4 Å². The summed E-state index contributed by atoms with van der Waals surface area (Å²) >= 11 is 0. The number of ether oxygens (including phenoxy) is 1. The van der Waals surface area contributed by atoms with Crippen LogP contribution in [-0.4, -0.2) is 33.7 Å². The maximum absolute atomic E-state index is 12.1. The van der Waals surface area contributed by atoms with E-state index in [1.807, 2.05) is 27.7 Å². The quantitative estimate of drug-likeness (QED) is 0.898. The monoisotopic (exact) mass is 324 g/mol. The van der Waals surface area contributed by atoms with Crippen molar-refractivity contribution in [3.05, 3.63) is 24.3 Å². The summed E-state index contributed by atoms with van der Waals surface area (Å²) in [5.41, 5.74) is 0.0284. The highest BCUT2D eigenvalue weighted by Crippen LogP contribution is 2.37. The minimum Gasteiger partial charge on any atom is -0.367 e. The first-order valence-electron chi connectivity index (χ1n) is 7.30. The molecule has 2 amide bonds. The Balaban J connectivity index is 1.97. The lowest BCUT2D eigenvalue weighted by Gasteiger charge is -2.27. The molecule has 1 fully saturated rings. The molecule has 0 unspecified atom stereocenters. The molecule has 1 aliphatic rings. The Bertz CT molecular complexity index is 582. The molecule has 0 radical (unpaired) electrons. The van der Waals surface area contributed by atoms with E-state index < -0.39 is 16.4 Å². The highest BCUT2D eigenvalue weighted by Gasteiger charge is 2.46. The Morgan fingerprint density at radius 3 is 2.27 bits per heavy atom. The standard InChI is InChI=1S/C16H24N2O3S/c1-15(2)10-13(16(3,4)21-15)18-14(19)17-11-6-8-12(9-7-11)22(5)20/h6-9,13H,10H2,1-5H3,(H2,17,18,19)/t13-,22+/m1/s1. The Hall–Kier alpha value is -1.40. The number of carbonyl (C=O) groups excluding carboxylic acids is 1. The third kappa shape index (κ3) is 4.08. The first kappa shape index (κ1) is 17.0. The fraction of sp³-hybridized carbons (Fsp3) is 0.562. The van der Waals surface area contributed by atoms with E-state index in [0.29, 0.717) is 5.69 Å². The summed E-state index contributed by atoms with van der Waals surface area (Å²) in [5, 5.41) is 5.77. The van der Waals surface area contributed by atoms with Gasteiger partial charge in [0.05, 0.1) is 17.2 Å². The van der Waals surface area contributed by atoms with Crippen LogP contribution in [0.5, 0.6) is 0 Å². The van der Waals surface area contributed by atoms with Gasteiger partial charge in [0.2, 0.25) is 0 Å². The van der Waals surface area contributed by atoms with Gasteiger partial charge in [-0.1, -0.05) is 0 Å². The molecule has 2 atom stereocenters. The van der Waals surface area contributed by atoms with Gasteiger partial charge in [0.15, 0.2) is 0 Å². The summed E-state index contributed by atoms with van der Waals surface area (Å²) < 4.78 is 17.3. The van der Waals surface area contributed by atoms with Crippen molar-refractivity contribution in [3.8, 4) is 0 Å². The van der Waals surface area contributed by atoms with Gasteiger partial charge in [0.25, 0.3) is 0 Å². The van der Waals surface area contributed by atoms with E-state index in [0.717, 1.165) is 11.3 Å². The molecule has 1 heterocycles. The molecule has 1 aromatic rings. The number of urea groups is 1. The van der Waals surface area contributed by atoms with Gasteiger partial charge in [-0.2, -0.15) is 0 Å². The van der Waals surface area contributed by atoms with Crippen molar-refractivity contribution in [1.29, 1.82) is 0 Å². The van der Waals surface area contributed by atoms with E-state index in [-0.39, 0.29) is 17.7 Å². The third-order valence-corrected chi connectivity index (χ3v) is 4.76. The number of nitrogens with one attached hydrogen (secondary N) is 2. The van der Waals surface area contributed by atoms with Crippen molar-refractivity contribution in [2.45, 2.75) is 56.3 Å². The van der Waals surface area contributed by atoms with Crippen LogP contribution in [0.3, 0.4) is 0 Å². The molecule has 1 aliphatic heterocycles. The van der Waals surface area contributed by atoms with Gasteiger partial charge >= 0.3 is 6.03 Å². The number of hydrogen-bond donors (Lipinski definition) is 2. The lowest BCUT2D eigenvalue weighted by Crippen LogP contribution is -2.47. The number of rotatable bonds is 3. The van der Waals surface area contributed by atoms with E-state index in [9.17, 15) is 9.00 Å². The van der Waals surface area contributed by atoms with Crippen LogP contribution < -0.4 is 10.6 Å². The van der Waals surface area contributed by atoms with Gasteiger partial charge in [0, 0.05) is 27.6 Å². The molecule has 0 bridgehead atoms. The zero-order chi connectivity index (χ0) is 16.5. The van der Waals surface area contributed by atoms with E-state index in [1.165, 1.54) is 0 Å².